The number of amides is 1. The number of aryl methyl sites for hydroxylation is 1. The van der Waals surface area contributed by atoms with Crippen LogP contribution in [0.5, 0.6) is 0 Å². The fourth-order valence-corrected chi connectivity index (χ4v) is 4.70. The second-order valence-corrected chi connectivity index (χ2v) is 8.18. The molecule has 1 amide bonds. The molecule has 148 valence electrons. The van der Waals surface area contributed by atoms with Gasteiger partial charge in [0.2, 0.25) is 5.91 Å². The molecular weight excluding hydrogens is 386 g/mol. The molecule has 0 saturated carbocycles. The van der Waals surface area contributed by atoms with Crippen LogP contribution >= 0.6 is 11.8 Å². The van der Waals surface area contributed by atoms with Crippen molar-refractivity contribution < 1.29 is 9.21 Å². The first-order valence-corrected chi connectivity index (χ1v) is 10.5. The van der Waals surface area contributed by atoms with Crippen LogP contribution in [-0.4, -0.2) is 42.9 Å². The van der Waals surface area contributed by atoms with Gasteiger partial charge >= 0.3 is 0 Å². The van der Waals surface area contributed by atoms with Crippen LogP contribution in [0.25, 0.3) is 22.3 Å². The Morgan fingerprint density at radius 2 is 2.14 bits per heavy atom. The minimum Gasteiger partial charge on any atom is -0.469 e. The number of furan rings is 1. The fraction of sp³-hybridized carbons (Fsp3) is 0.286. The zero-order valence-corrected chi connectivity index (χ0v) is 17.1. The summed E-state index contributed by atoms with van der Waals surface area (Å²) in [6, 6.07) is 10.2. The Morgan fingerprint density at radius 1 is 1.28 bits per heavy atom. The Bertz CT molecular complexity index is 1210. The number of fused-ring (bicyclic) bond motifs is 3. The van der Waals surface area contributed by atoms with E-state index >= 15 is 0 Å². The van der Waals surface area contributed by atoms with Crippen molar-refractivity contribution >= 4 is 28.6 Å². The molecule has 0 radical (unpaired) electrons. The van der Waals surface area contributed by atoms with E-state index in [4.69, 9.17) is 4.42 Å². The molecule has 0 unspecified atom stereocenters. The highest BCUT2D eigenvalue weighted by molar-refractivity contribution is 7.99. The number of thioether (sulfide) groups is 1. The smallest absolute Gasteiger partial charge is 0.233 e. The van der Waals surface area contributed by atoms with Crippen molar-refractivity contribution in [3.63, 3.8) is 0 Å². The van der Waals surface area contributed by atoms with Gasteiger partial charge < -0.3 is 18.9 Å². The lowest BCUT2D eigenvalue weighted by molar-refractivity contribution is -0.129. The predicted octanol–water partition coefficient (Wildman–Crippen LogP) is 3.54. The molecule has 1 aliphatic rings. The third-order valence-electron chi connectivity index (χ3n) is 5.49. The summed E-state index contributed by atoms with van der Waals surface area (Å²) in [5.41, 5.74) is 4.54. The minimum absolute atomic E-state index is 0.120. The van der Waals surface area contributed by atoms with Crippen molar-refractivity contribution in [2.75, 3.05) is 12.3 Å². The molecule has 0 aliphatic carbocycles. The van der Waals surface area contributed by atoms with Crippen molar-refractivity contribution in [3.8, 4) is 11.4 Å². The van der Waals surface area contributed by atoms with Gasteiger partial charge in [0.15, 0.2) is 11.0 Å². The Morgan fingerprint density at radius 3 is 2.97 bits per heavy atom. The van der Waals surface area contributed by atoms with Crippen LogP contribution in [0.15, 0.2) is 46.2 Å². The lowest BCUT2D eigenvalue weighted by atomic mass is 10.0. The molecule has 1 N–H and O–H groups in total. The molecule has 0 saturated heterocycles. The third kappa shape index (κ3) is 3.13. The average molecular weight is 407 g/mol. The topological polar surface area (TPSA) is 80.0 Å². The van der Waals surface area contributed by atoms with Gasteiger partial charge in [0.25, 0.3) is 0 Å². The van der Waals surface area contributed by atoms with Gasteiger partial charge in [-0.2, -0.15) is 0 Å². The van der Waals surface area contributed by atoms with Crippen molar-refractivity contribution in [1.82, 2.24) is 24.6 Å². The van der Waals surface area contributed by atoms with E-state index in [1.165, 1.54) is 28.4 Å². The maximum absolute atomic E-state index is 12.9. The normalized spacial score (nSPS) is 13.8. The van der Waals surface area contributed by atoms with Crippen LogP contribution in [0.2, 0.25) is 0 Å². The number of H-pyrrole nitrogens is 1. The molecule has 0 fully saturated rings. The number of aromatic amines is 1. The van der Waals surface area contributed by atoms with Crippen LogP contribution in [0, 0.1) is 6.92 Å². The molecule has 4 heterocycles. The molecule has 5 rings (SSSR count). The van der Waals surface area contributed by atoms with Crippen LogP contribution < -0.4 is 0 Å². The number of para-hydroxylation sites is 1. The van der Waals surface area contributed by atoms with Gasteiger partial charge in [-0.05, 0) is 19.1 Å². The van der Waals surface area contributed by atoms with Gasteiger partial charge in [-0.15, -0.1) is 10.2 Å². The van der Waals surface area contributed by atoms with Crippen molar-refractivity contribution in [2.45, 2.75) is 25.0 Å². The van der Waals surface area contributed by atoms with Crippen molar-refractivity contribution in [2.24, 2.45) is 7.05 Å². The Hall–Kier alpha value is -3.00. The average Bonchev–Trinajstić information content (AvgIpc) is 3.42. The second-order valence-electron chi connectivity index (χ2n) is 7.24. The summed E-state index contributed by atoms with van der Waals surface area (Å²) in [6.45, 7) is 3.28. The summed E-state index contributed by atoms with van der Waals surface area (Å²) in [4.78, 5) is 18.3. The van der Waals surface area contributed by atoms with Crippen molar-refractivity contribution in [3.05, 3.63) is 53.6 Å². The summed E-state index contributed by atoms with van der Waals surface area (Å²) in [7, 11) is 1.91. The Balaban J connectivity index is 1.28. The molecule has 0 atom stereocenters. The quantitative estimate of drug-likeness (QED) is 0.524. The number of nitrogens with one attached hydrogen (secondary N) is 1. The molecule has 1 aromatic carbocycles. The van der Waals surface area contributed by atoms with E-state index in [0.29, 0.717) is 12.3 Å². The number of rotatable bonds is 4. The third-order valence-corrected chi connectivity index (χ3v) is 6.50. The molecule has 8 heteroatoms. The van der Waals surface area contributed by atoms with Gasteiger partial charge in [0.1, 0.15) is 5.76 Å². The summed E-state index contributed by atoms with van der Waals surface area (Å²) in [6.07, 6.45) is 2.50. The Kier molecular flexibility index (Phi) is 4.43. The molecule has 0 bridgehead atoms. The van der Waals surface area contributed by atoms with E-state index < -0.39 is 0 Å². The number of hydrogen-bond donors (Lipinski definition) is 1. The maximum atomic E-state index is 12.9. The zero-order chi connectivity index (χ0) is 20.0. The molecule has 3 aromatic heterocycles. The summed E-state index contributed by atoms with van der Waals surface area (Å²) < 4.78 is 7.27. The molecule has 4 aromatic rings. The standard InChI is InChI=1S/C21H21N5O2S/c1-13-14(8-10-28-13)20-23-24-21(25(20)2)29-12-19(27)26-9-7-18-16(11-26)15-5-3-4-6-17(15)22-18/h3-6,8,10,22H,7,9,11-12H2,1-2H3. The Labute approximate surface area is 172 Å². The summed E-state index contributed by atoms with van der Waals surface area (Å²) in [5.74, 6) is 2.01. The lowest BCUT2D eigenvalue weighted by Crippen LogP contribution is -2.36. The van der Waals surface area contributed by atoms with Gasteiger partial charge in [0.05, 0.1) is 17.6 Å². The predicted molar refractivity (Wildman–Crippen MR) is 112 cm³/mol. The highest BCUT2D eigenvalue weighted by Gasteiger charge is 2.24. The molecular formula is C21H21N5O2S. The van der Waals surface area contributed by atoms with Gasteiger partial charge in [-0.3, -0.25) is 4.79 Å². The zero-order valence-electron chi connectivity index (χ0n) is 16.3. The molecule has 1 aliphatic heterocycles. The van der Waals surface area contributed by atoms with E-state index in [2.05, 4.69) is 27.3 Å². The van der Waals surface area contributed by atoms with Crippen LogP contribution in [-0.2, 0) is 24.8 Å². The number of benzene rings is 1. The SMILES string of the molecule is Cc1occc1-c1nnc(SCC(=O)N2CCc3[nH]c4ccccc4c3C2)n1C. The highest BCUT2D eigenvalue weighted by atomic mass is 32.2. The van der Waals surface area contributed by atoms with E-state index in [9.17, 15) is 4.79 Å². The largest absolute Gasteiger partial charge is 0.469 e. The van der Waals surface area contributed by atoms with E-state index in [1.54, 1.807) is 6.26 Å². The number of carbonyl (C=O) groups excluding carboxylic acids is 1. The number of aromatic nitrogens is 4. The highest BCUT2D eigenvalue weighted by Crippen LogP contribution is 2.29. The van der Waals surface area contributed by atoms with Gasteiger partial charge in [-0.25, -0.2) is 0 Å². The van der Waals surface area contributed by atoms with Crippen LogP contribution in [0.4, 0.5) is 0 Å². The molecule has 0 spiro atoms. The summed E-state index contributed by atoms with van der Waals surface area (Å²) in [5, 5.41) is 10.5. The first kappa shape index (κ1) is 18.1. The molecule has 7 nitrogen and oxygen atoms in total. The number of nitrogens with zero attached hydrogens (tertiary/aromatic N) is 4. The first-order chi connectivity index (χ1) is 14.1. The maximum Gasteiger partial charge on any atom is 0.233 e. The van der Waals surface area contributed by atoms with Crippen LogP contribution in [0.3, 0.4) is 0 Å². The van der Waals surface area contributed by atoms with Crippen LogP contribution in [0.1, 0.15) is 17.0 Å². The fourth-order valence-electron chi connectivity index (χ4n) is 3.89. The minimum atomic E-state index is 0.120. The lowest BCUT2D eigenvalue weighted by Gasteiger charge is -2.27. The number of hydrogen-bond acceptors (Lipinski definition) is 5. The monoisotopic (exact) mass is 407 g/mol. The van der Waals surface area contributed by atoms with Gasteiger partial charge in [0, 0.05) is 48.7 Å². The van der Waals surface area contributed by atoms with E-state index in [1.807, 2.05) is 41.6 Å². The van der Waals surface area contributed by atoms with E-state index in [-0.39, 0.29) is 5.91 Å². The van der Waals surface area contributed by atoms with Crippen molar-refractivity contribution in [1.29, 1.82) is 0 Å². The number of carbonyl (C=O) groups is 1. The second kappa shape index (κ2) is 7.11. The summed E-state index contributed by atoms with van der Waals surface area (Å²) >= 11 is 1.42. The molecule has 29 heavy (non-hydrogen) atoms. The van der Waals surface area contributed by atoms with E-state index in [0.717, 1.165) is 40.8 Å². The first-order valence-electron chi connectivity index (χ1n) is 9.54. The van der Waals surface area contributed by atoms with Gasteiger partial charge in [-0.1, -0.05) is 30.0 Å².